The highest BCUT2D eigenvalue weighted by Crippen LogP contribution is 2.24. The molecule has 0 saturated carbocycles. The van der Waals surface area contributed by atoms with E-state index in [2.05, 4.69) is 25.6 Å². The number of nitrogens with two attached hydrogens (primary N) is 1. The minimum Gasteiger partial charge on any atom is -0.389 e. The Bertz CT molecular complexity index is 771. The summed E-state index contributed by atoms with van der Waals surface area (Å²) in [4.78, 5) is 4.87. The summed E-state index contributed by atoms with van der Waals surface area (Å²) >= 11 is 9.14. The molecule has 0 aliphatic heterocycles. The van der Waals surface area contributed by atoms with Crippen LogP contribution < -0.4 is 10.5 Å². The van der Waals surface area contributed by atoms with Gasteiger partial charge < -0.3 is 5.73 Å². The summed E-state index contributed by atoms with van der Waals surface area (Å²) in [6.45, 7) is 1.78. The van der Waals surface area contributed by atoms with Crippen molar-refractivity contribution in [1.29, 1.82) is 0 Å². The van der Waals surface area contributed by atoms with Crippen LogP contribution in [0.5, 0.6) is 0 Å². The lowest BCUT2D eigenvalue weighted by Gasteiger charge is -2.06. The van der Waals surface area contributed by atoms with Gasteiger partial charge in [0.05, 0.1) is 10.6 Å². The summed E-state index contributed by atoms with van der Waals surface area (Å²) in [5.41, 5.74) is 6.16. The highest BCUT2D eigenvalue weighted by Gasteiger charge is 2.18. The molecule has 20 heavy (non-hydrogen) atoms. The Morgan fingerprint density at radius 3 is 2.65 bits per heavy atom. The monoisotopic (exact) mass is 391 g/mol. The van der Waals surface area contributed by atoms with Crippen molar-refractivity contribution in [1.82, 2.24) is 4.98 Å². The van der Waals surface area contributed by atoms with Gasteiger partial charge in [0.1, 0.15) is 15.0 Å². The lowest BCUT2D eigenvalue weighted by Crippen LogP contribution is -2.13. The lowest BCUT2D eigenvalue weighted by atomic mass is 10.4. The Morgan fingerprint density at radius 2 is 2.10 bits per heavy atom. The van der Waals surface area contributed by atoms with Gasteiger partial charge in [0.25, 0.3) is 10.0 Å². The third-order valence-electron chi connectivity index (χ3n) is 2.35. The summed E-state index contributed by atoms with van der Waals surface area (Å²) < 4.78 is 27.8. The number of hydrogen-bond donors (Lipinski definition) is 2. The highest BCUT2D eigenvalue weighted by molar-refractivity contribution is 9.10. The third kappa shape index (κ3) is 3.35. The first-order chi connectivity index (χ1) is 9.29. The number of nitrogens with zero attached hydrogens (tertiary/aromatic N) is 1. The number of thiocarbonyl (C=S) groups is 1. The third-order valence-corrected chi connectivity index (χ3v) is 6.50. The topological polar surface area (TPSA) is 85.1 Å². The number of hydrogen-bond acceptors (Lipinski definition) is 5. The SMILES string of the molecule is Cc1nc(NS(=O)(=O)c2ccc(C(N)=S)s2)ccc1Br. The van der Waals surface area contributed by atoms with Gasteiger partial charge in [0, 0.05) is 4.47 Å². The van der Waals surface area contributed by atoms with Crippen molar-refractivity contribution in [2.45, 2.75) is 11.1 Å². The number of aromatic nitrogens is 1. The van der Waals surface area contributed by atoms with Crippen LogP contribution in [0, 0.1) is 6.92 Å². The first kappa shape index (κ1) is 15.4. The summed E-state index contributed by atoms with van der Waals surface area (Å²) in [5, 5.41) is 0. The molecule has 2 rings (SSSR count). The van der Waals surface area contributed by atoms with Gasteiger partial charge in [-0.05, 0) is 47.1 Å². The number of halogens is 1. The number of thiophene rings is 1. The van der Waals surface area contributed by atoms with Gasteiger partial charge >= 0.3 is 0 Å². The fraction of sp³-hybridized carbons (Fsp3) is 0.0909. The van der Waals surface area contributed by atoms with Crippen molar-refractivity contribution in [2.24, 2.45) is 5.73 Å². The van der Waals surface area contributed by atoms with E-state index in [1.807, 2.05) is 0 Å². The molecule has 3 N–H and O–H groups in total. The molecule has 0 atom stereocenters. The van der Waals surface area contributed by atoms with E-state index in [1.54, 1.807) is 25.1 Å². The lowest BCUT2D eigenvalue weighted by molar-refractivity contribution is 0.603. The zero-order valence-electron chi connectivity index (χ0n) is 10.3. The van der Waals surface area contributed by atoms with Crippen LogP contribution in [0.25, 0.3) is 0 Å². The zero-order chi connectivity index (χ0) is 14.9. The van der Waals surface area contributed by atoms with E-state index in [0.29, 0.717) is 10.6 Å². The fourth-order valence-electron chi connectivity index (χ4n) is 1.39. The highest BCUT2D eigenvalue weighted by atomic mass is 79.9. The van der Waals surface area contributed by atoms with Crippen LogP contribution in [0.2, 0.25) is 0 Å². The molecule has 0 fully saturated rings. The molecule has 0 radical (unpaired) electrons. The summed E-state index contributed by atoms with van der Waals surface area (Å²) in [6, 6.07) is 6.36. The van der Waals surface area contributed by atoms with E-state index in [4.69, 9.17) is 18.0 Å². The van der Waals surface area contributed by atoms with Gasteiger partial charge in [-0.2, -0.15) is 0 Å². The molecule has 0 unspecified atom stereocenters. The molecule has 0 spiro atoms. The molecular formula is C11H10BrN3O2S3. The van der Waals surface area contributed by atoms with Gasteiger partial charge in [-0.1, -0.05) is 12.2 Å². The van der Waals surface area contributed by atoms with E-state index < -0.39 is 10.0 Å². The molecule has 0 amide bonds. The van der Waals surface area contributed by atoms with Crippen molar-refractivity contribution in [3.63, 3.8) is 0 Å². The van der Waals surface area contributed by atoms with E-state index in [1.165, 1.54) is 6.07 Å². The molecule has 2 heterocycles. The van der Waals surface area contributed by atoms with Crippen LogP contribution in [0.4, 0.5) is 5.82 Å². The molecule has 2 aromatic rings. The molecule has 0 aliphatic carbocycles. The van der Waals surface area contributed by atoms with Crippen molar-refractivity contribution in [3.8, 4) is 0 Å². The zero-order valence-corrected chi connectivity index (χ0v) is 14.3. The quantitative estimate of drug-likeness (QED) is 0.782. The maximum absolute atomic E-state index is 12.2. The van der Waals surface area contributed by atoms with E-state index in [-0.39, 0.29) is 15.0 Å². The van der Waals surface area contributed by atoms with Gasteiger partial charge in [-0.15, -0.1) is 11.3 Å². The van der Waals surface area contributed by atoms with E-state index in [9.17, 15) is 8.42 Å². The molecule has 0 aliphatic rings. The minimum absolute atomic E-state index is 0.141. The second-order valence-electron chi connectivity index (χ2n) is 3.85. The molecule has 0 saturated heterocycles. The Kier molecular flexibility index (Phi) is 4.43. The first-order valence-electron chi connectivity index (χ1n) is 5.35. The molecule has 106 valence electrons. The molecular weight excluding hydrogens is 382 g/mol. The summed E-state index contributed by atoms with van der Waals surface area (Å²) in [7, 11) is -3.68. The predicted molar refractivity (Wildman–Crippen MR) is 87.7 cm³/mol. The second kappa shape index (κ2) is 5.76. The van der Waals surface area contributed by atoms with Gasteiger partial charge in [-0.3, -0.25) is 4.72 Å². The van der Waals surface area contributed by atoms with Crippen molar-refractivity contribution in [3.05, 3.63) is 39.3 Å². The Labute approximate surface area is 134 Å². The first-order valence-corrected chi connectivity index (χ1v) is 8.85. The largest absolute Gasteiger partial charge is 0.389 e. The number of sulfonamides is 1. The number of anilines is 1. The Morgan fingerprint density at radius 1 is 1.40 bits per heavy atom. The van der Waals surface area contributed by atoms with Crippen molar-refractivity contribution >= 4 is 60.3 Å². The maximum atomic E-state index is 12.2. The average Bonchev–Trinajstić information content (AvgIpc) is 2.84. The Balaban J connectivity index is 2.30. The van der Waals surface area contributed by atoms with Crippen LogP contribution in [0.3, 0.4) is 0 Å². The van der Waals surface area contributed by atoms with E-state index >= 15 is 0 Å². The molecule has 0 aromatic carbocycles. The van der Waals surface area contributed by atoms with Crippen molar-refractivity contribution in [2.75, 3.05) is 4.72 Å². The standard InChI is InChI=1S/C11H10BrN3O2S3/c1-6-7(12)2-4-9(14-6)15-20(16,17)10-5-3-8(19-10)11(13)18/h2-5H,1H3,(H2,13,18)(H,14,15). The normalized spacial score (nSPS) is 11.3. The molecule has 5 nitrogen and oxygen atoms in total. The number of rotatable bonds is 4. The van der Waals surface area contributed by atoms with E-state index in [0.717, 1.165) is 15.8 Å². The Hall–Kier alpha value is -1.03. The minimum atomic E-state index is -3.68. The number of nitrogens with one attached hydrogen (secondary N) is 1. The number of aryl methyl sites for hydroxylation is 1. The number of pyridine rings is 1. The molecule has 2 aromatic heterocycles. The molecule has 9 heteroatoms. The van der Waals surface area contributed by atoms with Gasteiger partial charge in [0.2, 0.25) is 0 Å². The smallest absolute Gasteiger partial charge is 0.272 e. The van der Waals surface area contributed by atoms with Crippen LogP contribution in [-0.4, -0.2) is 18.4 Å². The van der Waals surface area contributed by atoms with Gasteiger partial charge in [-0.25, -0.2) is 13.4 Å². The van der Waals surface area contributed by atoms with Crippen LogP contribution in [0.15, 0.2) is 32.9 Å². The maximum Gasteiger partial charge on any atom is 0.272 e. The van der Waals surface area contributed by atoms with Crippen LogP contribution >= 0.6 is 39.5 Å². The summed E-state index contributed by atoms with van der Waals surface area (Å²) in [5.74, 6) is 0.260. The predicted octanol–water partition coefficient (Wildman–Crippen LogP) is 2.65. The van der Waals surface area contributed by atoms with Crippen LogP contribution in [-0.2, 0) is 10.0 Å². The fourth-order valence-corrected chi connectivity index (χ4v) is 3.96. The van der Waals surface area contributed by atoms with Crippen LogP contribution in [0.1, 0.15) is 10.6 Å². The van der Waals surface area contributed by atoms with Gasteiger partial charge in [0.15, 0.2) is 0 Å². The summed E-state index contributed by atoms with van der Waals surface area (Å²) in [6.07, 6.45) is 0. The van der Waals surface area contributed by atoms with Crippen molar-refractivity contribution < 1.29 is 8.42 Å². The average molecular weight is 392 g/mol. The second-order valence-corrected chi connectivity index (χ2v) is 8.14. The molecule has 0 bridgehead atoms.